The number of carbonyl (C=O) groups excluding carboxylic acids is 2. The Morgan fingerprint density at radius 2 is 1.76 bits per heavy atom. The first-order valence-corrected chi connectivity index (χ1v) is 14.7. The van der Waals surface area contributed by atoms with Gasteiger partial charge in [-0.15, -0.1) is 0 Å². The largest absolute Gasteiger partial charge is 0.507 e. The molecule has 1 saturated heterocycles. The fourth-order valence-electron chi connectivity index (χ4n) is 4.87. The van der Waals surface area contributed by atoms with Crippen molar-refractivity contribution in [2.24, 2.45) is 5.92 Å². The Kier molecular flexibility index (Phi) is 10.6. The highest BCUT2D eigenvalue weighted by atomic mass is 16.5. The number of aliphatic hydroxyl groups excluding tert-OH is 1. The minimum absolute atomic E-state index is 0.0424. The first kappa shape index (κ1) is 30.7. The molecule has 0 radical (unpaired) electrons. The summed E-state index contributed by atoms with van der Waals surface area (Å²) in [5.74, 6) is 0.689. The van der Waals surface area contributed by atoms with Crippen molar-refractivity contribution in [3.05, 3.63) is 77.9 Å². The third kappa shape index (κ3) is 7.32. The molecule has 1 aliphatic heterocycles. The highest BCUT2D eigenvalue weighted by Gasteiger charge is 2.46. The number of nitrogens with zero attached hydrogens (tertiary/aromatic N) is 3. The van der Waals surface area contributed by atoms with Gasteiger partial charge in [-0.2, -0.15) is 0 Å². The van der Waals surface area contributed by atoms with Gasteiger partial charge in [0.2, 0.25) is 0 Å². The maximum atomic E-state index is 13.5. The van der Waals surface area contributed by atoms with Crippen molar-refractivity contribution in [3.63, 3.8) is 0 Å². The van der Waals surface area contributed by atoms with Crippen LogP contribution in [0.4, 0.5) is 0 Å². The summed E-state index contributed by atoms with van der Waals surface area (Å²) in [6.45, 7) is 10.7. The molecule has 0 bridgehead atoms. The predicted octanol–water partition coefficient (Wildman–Crippen LogP) is 6.01. The van der Waals surface area contributed by atoms with Crippen molar-refractivity contribution in [1.29, 1.82) is 0 Å². The molecule has 1 aromatic heterocycles. The lowest BCUT2D eigenvalue weighted by molar-refractivity contribution is -0.139. The summed E-state index contributed by atoms with van der Waals surface area (Å²) in [5.41, 5.74) is 1.13. The number of amides is 1. The fourth-order valence-corrected chi connectivity index (χ4v) is 4.87. The summed E-state index contributed by atoms with van der Waals surface area (Å²) < 4.78 is 19.5. The maximum absolute atomic E-state index is 13.5. The van der Waals surface area contributed by atoms with E-state index in [2.05, 4.69) is 18.8 Å². The summed E-state index contributed by atoms with van der Waals surface area (Å²) >= 11 is 0. The molecule has 1 atom stereocenters. The average molecular weight is 576 g/mol. The molecule has 3 aromatic rings. The van der Waals surface area contributed by atoms with E-state index in [1.807, 2.05) is 42.8 Å². The molecule has 9 nitrogen and oxygen atoms in total. The predicted molar refractivity (Wildman–Crippen MR) is 161 cm³/mol. The molecule has 1 aliphatic rings. The van der Waals surface area contributed by atoms with E-state index in [0.29, 0.717) is 73.6 Å². The van der Waals surface area contributed by atoms with Crippen molar-refractivity contribution in [1.82, 2.24) is 14.5 Å². The quantitative estimate of drug-likeness (QED) is 0.135. The first-order valence-electron chi connectivity index (χ1n) is 14.7. The average Bonchev–Trinajstić information content (AvgIpc) is 3.59. The van der Waals surface area contributed by atoms with Crippen LogP contribution in [0.25, 0.3) is 5.76 Å². The minimum atomic E-state index is -0.798. The number of aliphatic hydroxyl groups is 1. The zero-order chi connectivity index (χ0) is 30.1. The minimum Gasteiger partial charge on any atom is -0.507 e. The number of ether oxygens (including phenoxy) is 3. The van der Waals surface area contributed by atoms with Crippen LogP contribution in [-0.4, -0.2) is 57.6 Å². The summed E-state index contributed by atoms with van der Waals surface area (Å²) in [7, 11) is 0. The lowest BCUT2D eigenvalue weighted by atomic mass is 9.95. The Bertz CT molecular complexity index is 1360. The number of aromatic nitrogens is 2. The van der Waals surface area contributed by atoms with Crippen LogP contribution in [0.5, 0.6) is 17.2 Å². The molecule has 42 heavy (non-hydrogen) atoms. The zero-order valence-electron chi connectivity index (χ0n) is 24.9. The highest BCUT2D eigenvalue weighted by Crippen LogP contribution is 2.42. The first-order chi connectivity index (χ1) is 20.3. The molecule has 1 fully saturated rings. The van der Waals surface area contributed by atoms with Crippen molar-refractivity contribution < 1.29 is 28.9 Å². The van der Waals surface area contributed by atoms with Crippen LogP contribution in [0, 0.1) is 5.92 Å². The number of hydrogen-bond donors (Lipinski definition) is 1. The number of imidazole rings is 1. The molecular weight excluding hydrogens is 534 g/mol. The van der Waals surface area contributed by atoms with Gasteiger partial charge in [0, 0.05) is 31.0 Å². The number of benzene rings is 2. The molecule has 2 aromatic carbocycles. The van der Waals surface area contributed by atoms with Crippen LogP contribution >= 0.6 is 0 Å². The van der Waals surface area contributed by atoms with Crippen molar-refractivity contribution >= 4 is 17.4 Å². The number of Topliss-reactive ketones (excluding diaryl/α,β-unsaturated/α-hetero) is 1. The van der Waals surface area contributed by atoms with Gasteiger partial charge < -0.3 is 28.8 Å². The zero-order valence-corrected chi connectivity index (χ0v) is 24.9. The second kappa shape index (κ2) is 14.6. The smallest absolute Gasteiger partial charge is 0.295 e. The molecule has 9 heteroatoms. The Labute approximate surface area is 247 Å². The summed E-state index contributed by atoms with van der Waals surface area (Å²) in [5, 5.41) is 11.5. The molecule has 1 amide bonds. The van der Waals surface area contributed by atoms with Crippen LogP contribution in [0.3, 0.4) is 0 Å². The summed E-state index contributed by atoms with van der Waals surface area (Å²) in [6, 6.07) is 11.5. The third-order valence-electron chi connectivity index (χ3n) is 7.05. The maximum Gasteiger partial charge on any atom is 0.295 e. The second-order valence-electron chi connectivity index (χ2n) is 10.7. The number of rotatable bonds is 15. The van der Waals surface area contributed by atoms with E-state index < -0.39 is 17.7 Å². The lowest BCUT2D eigenvalue weighted by Gasteiger charge is -2.26. The molecule has 1 unspecified atom stereocenters. The number of carbonyl (C=O) groups is 2. The van der Waals surface area contributed by atoms with Crippen LogP contribution in [-0.2, 0) is 16.1 Å². The normalized spacial score (nSPS) is 16.3. The third-order valence-corrected chi connectivity index (χ3v) is 7.05. The molecule has 0 spiro atoms. The summed E-state index contributed by atoms with van der Waals surface area (Å²) in [6.07, 6.45) is 7.63. The number of hydrogen-bond acceptors (Lipinski definition) is 7. The molecule has 0 aliphatic carbocycles. The Morgan fingerprint density at radius 3 is 2.43 bits per heavy atom. The van der Waals surface area contributed by atoms with Gasteiger partial charge in [-0.3, -0.25) is 9.59 Å². The van der Waals surface area contributed by atoms with E-state index in [4.69, 9.17) is 14.2 Å². The number of ketones is 1. The van der Waals surface area contributed by atoms with Crippen molar-refractivity contribution in [3.8, 4) is 17.2 Å². The van der Waals surface area contributed by atoms with Gasteiger partial charge in [-0.05, 0) is 74.1 Å². The van der Waals surface area contributed by atoms with Crippen LogP contribution in [0.1, 0.15) is 64.1 Å². The van der Waals surface area contributed by atoms with Crippen LogP contribution < -0.4 is 14.2 Å². The fraction of sp³-hybridized carbons (Fsp3) is 0.424. The van der Waals surface area contributed by atoms with Gasteiger partial charge in [0.05, 0.1) is 37.8 Å². The van der Waals surface area contributed by atoms with Gasteiger partial charge in [0.1, 0.15) is 11.5 Å². The van der Waals surface area contributed by atoms with E-state index in [0.717, 1.165) is 12.8 Å². The molecule has 1 N–H and O–H groups in total. The molecule has 0 saturated carbocycles. The molecule has 4 rings (SSSR count). The molecular formula is C33H41N3O6. The van der Waals surface area contributed by atoms with E-state index in [1.165, 1.54) is 4.90 Å². The van der Waals surface area contributed by atoms with E-state index in [1.54, 1.807) is 36.8 Å². The molecule has 2 heterocycles. The van der Waals surface area contributed by atoms with Crippen molar-refractivity contribution in [2.45, 2.75) is 59.5 Å². The van der Waals surface area contributed by atoms with Crippen LogP contribution in [0.2, 0.25) is 0 Å². The van der Waals surface area contributed by atoms with Gasteiger partial charge in [0.25, 0.3) is 11.7 Å². The summed E-state index contributed by atoms with van der Waals surface area (Å²) in [4.78, 5) is 32.5. The second-order valence-corrected chi connectivity index (χ2v) is 10.7. The SMILES string of the molecule is CCCOc1ccc(C(O)=C2C(=O)C(=O)N(CCCn3ccnc3)C2c2ccc(OCCC(C)C)c(OCC)c2)cc1. The lowest BCUT2D eigenvalue weighted by Crippen LogP contribution is -2.31. The Hall–Kier alpha value is -4.27. The molecule has 224 valence electrons. The van der Waals surface area contributed by atoms with Crippen LogP contribution in [0.15, 0.2) is 66.8 Å². The van der Waals surface area contributed by atoms with Crippen molar-refractivity contribution in [2.75, 3.05) is 26.4 Å². The number of likely N-dealkylation sites (tertiary alicyclic amines) is 1. The monoisotopic (exact) mass is 575 g/mol. The standard InChI is InChI=1S/C33H41N3O6/c1-5-19-41-26-11-8-24(9-12-26)31(37)29-30(36(33(39)32(29)38)17-7-16-35-18-15-34-22-35)25-10-13-27(28(21-25)40-6-2)42-20-14-23(3)4/h8-13,15,18,21-23,30,37H,5-7,14,16-17,19-20H2,1-4H3. The van der Waals surface area contributed by atoms with Gasteiger partial charge in [0.15, 0.2) is 11.5 Å². The highest BCUT2D eigenvalue weighted by molar-refractivity contribution is 6.46. The van der Waals surface area contributed by atoms with E-state index in [-0.39, 0.29) is 11.3 Å². The van der Waals surface area contributed by atoms with E-state index in [9.17, 15) is 14.7 Å². The number of aryl methyl sites for hydroxylation is 1. The van der Waals surface area contributed by atoms with Gasteiger partial charge in [-0.1, -0.05) is 26.8 Å². The Balaban J connectivity index is 1.72. The Morgan fingerprint density at radius 1 is 0.976 bits per heavy atom. The van der Waals surface area contributed by atoms with Gasteiger partial charge >= 0.3 is 0 Å². The van der Waals surface area contributed by atoms with E-state index >= 15 is 0 Å². The topological polar surface area (TPSA) is 103 Å². The van der Waals surface area contributed by atoms with Gasteiger partial charge in [-0.25, -0.2) is 4.98 Å².